The lowest BCUT2D eigenvalue weighted by atomic mass is 9.97. The van der Waals surface area contributed by atoms with Crippen molar-refractivity contribution in [3.63, 3.8) is 0 Å². The number of sulfonamides is 1. The van der Waals surface area contributed by atoms with E-state index in [4.69, 9.17) is 4.98 Å². The summed E-state index contributed by atoms with van der Waals surface area (Å²) >= 11 is 0. The van der Waals surface area contributed by atoms with Crippen LogP contribution in [0, 0.1) is 5.92 Å². The summed E-state index contributed by atoms with van der Waals surface area (Å²) in [6.45, 7) is 3.10. The number of hydrogen-bond acceptors (Lipinski definition) is 6. The Hall–Kier alpha value is -3.04. The Morgan fingerprint density at radius 2 is 1.89 bits per heavy atom. The van der Waals surface area contributed by atoms with Crippen molar-refractivity contribution >= 4 is 32.7 Å². The Labute approximate surface area is 206 Å². The topological polar surface area (TPSA) is 95.5 Å². The van der Waals surface area contributed by atoms with E-state index < -0.39 is 10.0 Å². The van der Waals surface area contributed by atoms with Gasteiger partial charge in [-0.2, -0.15) is 4.31 Å². The maximum absolute atomic E-state index is 13.0. The highest BCUT2D eigenvalue weighted by Crippen LogP contribution is 2.27. The number of fused-ring (bicyclic) bond motifs is 1. The lowest BCUT2D eigenvalue weighted by Crippen LogP contribution is -2.43. The van der Waals surface area contributed by atoms with Crippen molar-refractivity contribution in [3.05, 3.63) is 60.4 Å². The summed E-state index contributed by atoms with van der Waals surface area (Å²) in [7, 11) is -3.48. The molecule has 2 aliphatic rings. The summed E-state index contributed by atoms with van der Waals surface area (Å²) in [5.41, 5.74) is 1.73. The van der Waals surface area contributed by atoms with Crippen molar-refractivity contribution in [2.45, 2.75) is 43.5 Å². The molecule has 0 unspecified atom stereocenters. The van der Waals surface area contributed by atoms with Crippen LogP contribution in [0.3, 0.4) is 0 Å². The number of carbonyl (C=O) groups excluding carboxylic acids is 1. The SMILES string of the molecule is O=C(NCc1cccnc1)[C@H]1CCCN(c2ccc3cc(S(=O)(=O)N4CCCCC4)ccc3n2)C1. The summed E-state index contributed by atoms with van der Waals surface area (Å²) < 4.78 is 27.7. The van der Waals surface area contributed by atoms with Crippen molar-refractivity contribution in [1.82, 2.24) is 19.6 Å². The molecule has 2 aromatic heterocycles. The second-order valence-electron chi connectivity index (χ2n) is 9.35. The summed E-state index contributed by atoms with van der Waals surface area (Å²) in [4.78, 5) is 24.1. The molecule has 1 N–H and O–H groups in total. The van der Waals surface area contributed by atoms with Crippen LogP contribution >= 0.6 is 0 Å². The van der Waals surface area contributed by atoms with E-state index in [1.165, 1.54) is 0 Å². The number of nitrogens with one attached hydrogen (secondary N) is 1. The molecule has 3 aromatic rings. The molecule has 1 amide bonds. The van der Waals surface area contributed by atoms with Crippen LogP contribution in [0.5, 0.6) is 0 Å². The Bertz CT molecular complexity index is 1290. The fourth-order valence-electron chi connectivity index (χ4n) is 4.92. The van der Waals surface area contributed by atoms with E-state index in [0.717, 1.165) is 60.9 Å². The second kappa shape index (κ2) is 10.3. The molecular weight excluding hydrogens is 462 g/mol. The number of carbonyl (C=O) groups is 1. The van der Waals surface area contributed by atoms with Gasteiger partial charge in [-0.05, 0) is 67.6 Å². The molecule has 0 spiro atoms. The first kappa shape index (κ1) is 23.7. The molecule has 2 saturated heterocycles. The number of aromatic nitrogens is 2. The first-order valence-corrected chi connectivity index (χ1v) is 13.8. The van der Waals surface area contributed by atoms with Gasteiger partial charge in [-0.3, -0.25) is 9.78 Å². The van der Waals surface area contributed by atoms with Gasteiger partial charge in [0.1, 0.15) is 5.82 Å². The third kappa shape index (κ3) is 5.31. The number of pyridine rings is 2. The van der Waals surface area contributed by atoms with Crippen molar-refractivity contribution in [2.75, 3.05) is 31.1 Å². The summed E-state index contributed by atoms with van der Waals surface area (Å²) in [6.07, 6.45) is 8.15. The quantitative estimate of drug-likeness (QED) is 0.566. The third-order valence-electron chi connectivity index (χ3n) is 6.90. The molecule has 4 heterocycles. The summed E-state index contributed by atoms with van der Waals surface area (Å²) in [6, 6.07) is 12.8. The van der Waals surface area contributed by atoms with Gasteiger partial charge in [0.25, 0.3) is 0 Å². The maximum Gasteiger partial charge on any atom is 0.243 e. The van der Waals surface area contributed by atoms with E-state index in [2.05, 4.69) is 15.2 Å². The van der Waals surface area contributed by atoms with Gasteiger partial charge in [-0.15, -0.1) is 0 Å². The molecule has 184 valence electrons. The molecule has 0 saturated carbocycles. The van der Waals surface area contributed by atoms with Crippen molar-refractivity contribution < 1.29 is 13.2 Å². The van der Waals surface area contributed by atoms with E-state index in [0.29, 0.717) is 31.1 Å². The van der Waals surface area contributed by atoms with Crippen LogP contribution in [-0.4, -0.2) is 54.8 Å². The fourth-order valence-corrected chi connectivity index (χ4v) is 6.47. The second-order valence-corrected chi connectivity index (χ2v) is 11.3. The first-order chi connectivity index (χ1) is 17.0. The van der Waals surface area contributed by atoms with E-state index in [1.54, 1.807) is 34.9 Å². The van der Waals surface area contributed by atoms with Gasteiger partial charge in [0, 0.05) is 50.5 Å². The van der Waals surface area contributed by atoms with Crippen molar-refractivity contribution in [3.8, 4) is 0 Å². The molecule has 0 bridgehead atoms. The zero-order valence-corrected chi connectivity index (χ0v) is 20.6. The third-order valence-corrected chi connectivity index (χ3v) is 8.80. The monoisotopic (exact) mass is 493 g/mol. The zero-order valence-electron chi connectivity index (χ0n) is 19.8. The normalized spacial score (nSPS) is 19.5. The molecule has 1 aromatic carbocycles. The van der Waals surface area contributed by atoms with Gasteiger partial charge >= 0.3 is 0 Å². The van der Waals surface area contributed by atoms with Crippen LogP contribution in [0.4, 0.5) is 5.82 Å². The van der Waals surface area contributed by atoms with Crippen LogP contribution in [0.15, 0.2) is 59.8 Å². The number of anilines is 1. The van der Waals surface area contributed by atoms with Crippen LogP contribution in [0.1, 0.15) is 37.7 Å². The molecule has 0 radical (unpaired) electrons. The van der Waals surface area contributed by atoms with Gasteiger partial charge in [0.15, 0.2) is 0 Å². The van der Waals surface area contributed by atoms with Crippen LogP contribution in [0.25, 0.3) is 10.9 Å². The minimum absolute atomic E-state index is 0.0481. The largest absolute Gasteiger partial charge is 0.356 e. The Morgan fingerprint density at radius 3 is 2.69 bits per heavy atom. The average molecular weight is 494 g/mol. The van der Waals surface area contributed by atoms with Crippen molar-refractivity contribution in [1.29, 1.82) is 0 Å². The minimum Gasteiger partial charge on any atom is -0.356 e. The number of rotatable bonds is 6. The number of hydrogen-bond donors (Lipinski definition) is 1. The van der Waals surface area contributed by atoms with E-state index in [-0.39, 0.29) is 11.8 Å². The molecule has 1 atom stereocenters. The van der Waals surface area contributed by atoms with Crippen LogP contribution in [0.2, 0.25) is 0 Å². The highest BCUT2D eigenvalue weighted by Gasteiger charge is 2.28. The average Bonchev–Trinajstić information content (AvgIpc) is 2.92. The predicted molar refractivity (Wildman–Crippen MR) is 135 cm³/mol. The molecule has 2 aliphatic heterocycles. The lowest BCUT2D eigenvalue weighted by molar-refractivity contribution is -0.125. The molecule has 0 aliphatic carbocycles. The first-order valence-electron chi connectivity index (χ1n) is 12.3. The fraction of sp³-hybridized carbons (Fsp3) is 0.423. The lowest BCUT2D eigenvalue weighted by Gasteiger charge is -2.33. The van der Waals surface area contributed by atoms with E-state index in [9.17, 15) is 13.2 Å². The van der Waals surface area contributed by atoms with Crippen LogP contribution in [-0.2, 0) is 21.4 Å². The smallest absolute Gasteiger partial charge is 0.243 e. The molecule has 35 heavy (non-hydrogen) atoms. The number of nitrogens with zero attached hydrogens (tertiary/aromatic N) is 4. The van der Waals surface area contributed by atoms with Crippen LogP contribution < -0.4 is 10.2 Å². The Balaban J connectivity index is 1.28. The van der Waals surface area contributed by atoms with E-state index in [1.807, 2.05) is 24.3 Å². The maximum atomic E-state index is 13.0. The molecular formula is C26H31N5O3S. The van der Waals surface area contributed by atoms with Gasteiger partial charge in [0.05, 0.1) is 16.3 Å². The van der Waals surface area contributed by atoms with Gasteiger partial charge < -0.3 is 10.2 Å². The highest BCUT2D eigenvalue weighted by molar-refractivity contribution is 7.89. The molecule has 5 rings (SSSR count). The number of piperidine rings is 2. The Morgan fingerprint density at radius 1 is 1.03 bits per heavy atom. The summed E-state index contributed by atoms with van der Waals surface area (Å²) in [5, 5.41) is 3.83. The molecule has 2 fully saturated rings. The van der Waals surface area contributed by atoms with Crippen molar-refractivity contribution in [2.24, 2.45) is 5.92 Å². The van der Waals surface area contributed by atoms with Gasteiger partial charge in [-0.1, -0.05) is 12.5 Å². The van der Waals surface area contributed by atoms with Gasteiger partial charge in [0.2, 0.25) is 15.9 Å². The number of benzene rings is 1. The predicted octanol–water partition coefficient (Wildman–Crippen LogP) is 3.34. The minimum atomic E-state index is -3.48. The van der Waals surface area contributed by atoms with E-state index >= 15 is 0 Å². The standard InChI is InChI=1S/C26H31N5O3S/c32-26(28-18-20-6-4-12-27-17-20)22-7-5-13-30(19-22)25-11-8-21-16-23(9-10-24(21)29-25)35(33,34)31-14-2-1-3-15-31/h4,6,8-12,16-17,22H,1-3,5,7,13-15,18-19H2,(H,28,32)/t22-/m0/s1. The Kier molecular flexibility index (Phi) is 6.97. The molecule has 8 nitrogen and oxygen atoms in total. The molecule has 9 heteroatoms. The van der Waals surface area contributed by atoms with Gasteiger partial charge in [-0.25, -0.2) is 13.4 Å². The number of amides is 1. The highest BCUT2D eigenvalue weighted by atomic mass is 32.2. The summed E-state index contributed by atoms with van der Waals surface area (Å²) in [5.74, 6) is 0.760. The zero-order chi connectivity index (χ0) is 24.3.